The first-order valence-corrected chi connectivity index (χ1v) is 5.70. The molecule has 0 bridgehead atoms. The predicted molar refractivity (Wildman–Crippen MR) is 68.4 cm³/mol. The second-order valence-electron chi connectivity index (χ2n) is 3.59. The second kappa shape index (κ2) is 6.06. The Morgan fingerprint density at radius 1 is 1.20 bits per heavy atom. The van der Waals surface area contributed by atoms with Crippen LogP contribution in [0.15, 0.2) is 18.2 Å². The van der Waals surface area contributed by atoms with Crippen LogP contribution in [0.25, 0.3) is 0 Å². The highest BCUT2D eigenvalue weighted by Crippen LogP contribution is 2.20. The number of nitrogen functional groups attached to an aromatic ring is 1. The van der Waals surface area contributed by atoms with Gasteiger partial charge < -0.3 is 10.1 Å². The summed E-state index contributed by atoms with van der Waals surface area (Å²) in [7, 11) is 0. The molecule has 20 heavy (non-hydrogen) atoms. The molecule has 0 radical (unpaired) electrons. The van der Waals surface area contributed by atoms with Crippen LogP contribution in [0.2, 0.25) is 0 Å². The Balaban J connectivity index is 2.29. The number of nitrogens with one attached hydrogen (secondary N) is 2. The van der Waals surface area contributed by atoms with Crippen LogP contribution in [0, 0.1) is 11.6 Å². The smallest absolute Gasteiger partial charge is 0.323 e. The summed E-state index contributed by atoms with van der Waals surface area (Å²) in [6.07, 6.45) is 0. The molecule has 1 aromatic heterocycles. The molecule has 0 fully saturated rings. The summed E-state index contributed by atoms with van der Waals surface area (Å²) in [5.74, 6) is 3.83. The van der Waals surface area contributed by atoms with Crippen molar-refractivity contribution in [1.82, 2.24) is 15.0 Å². The normalized spacial score (nSPS) is 10.2. The van der Waals surface area contributed by atoms with Gasteiger partial charge in [-0.25, -0.2) is 14.6 Å². The van der Waals surface area contributed by atoms with Crippen molar-refractivity contribution in [3.05, 3.63) is 29.8 Å². The van der Waals surface area contributed by atoms with E-state index in [1.807, 2.05) is 0 Å². The lowest BCUT2D eigenvalue weighted by Crippen LogP contribution is -2.13. The van der Waals surface area contributed by atoms with Gasteiger partial charge in [0, 0.05) is 6.07 Å². The number of rotatable bonds is 5. The number of hydrogen-bond donors (Lipinski definition) is 3. The number of anilines is 3. The summed E-state index contributed by atoms with van der Waals surface area (Å²) in [6.45, 7) is 2.10. The lowest BCUT2D eigenvalue weighted by Gasteiger charge is -2.09. The molecule has 0 spiro atoms. The molecule has 0 aliphatic rings. The number of nitrogens with two attached hydrogens (primary N) is 1. The van der Waals surface area contributed by atoms with Crippen molar-refractivity contribution in [3.8, 4) is 6.01 Å². The maximum atomic E-state index is 13.5. The third kappa shape index (κ3) is 3.26. The molecular formula is C11H12F2N6O. The van der Waals surface area contributed by atoms with Gasteiger partial charge in [0.2, 0.25) is 11.9 Å². The molecule has 2 rings (SSSR count). The molecule has 106 valence electrons. The number of aromatic nitrogens is 3. The topological polar surface area (TPSA) is 98.0 Å². The third-order valence-corrected chi connectivity index (χ3v) is 2.20. The summed E-state index contributed by atoms with van der Waals surface area (Å²) in [5.41, 5.74) is 2.26. The van der Waals surface area contributed by atoms with Crippen molar-refractivity contribution < 1.29 is 13.5 Å². The van der Waals surface area contributed by atoms with Gasteiger partial charge >= 0.3 is 6.01 Å². The average Bonchev–Trinajstić information content (AvgIpc) is 2.42. The van der Waals surface area contributed by atoms with Crippen molar-refractivity contribution in [2.45, 2.75) is 6.92 Å². The van der Waals surface area contributed by atoms with E-state index in [0.29, 0.717) is 6.61 Å². The van der Waals surface area contributed by atoms with Gasteiger partial charge in [-0.2, -0.15) is 15.0 Å². The summed E-state index contributed by atoms with van der Waals surface area (Å²) >= 11 is 0. The molecule has 4 N–H and O–H groups in total. The van der Waals surface area contributed by atoms with Gasteiger partial charge in [0.15, 0.2) is 0 Å². The Morgan fingerprint density at radius 2 is 1.95 bits per heavy atom. The van der Waals surface area contributed by atoms with Gasteiger partial charge in [0.05, 0.1) is 12.3 Å². The van der Waals surface area contributed by atoms with Crippen molar-refractivity contribution >= 4 is 17.6 Å². The zero-order valence-electron chi connectivity index (χ0n) is 10.5. The molecule has 0 aliphatic carbocycles. The van der Waals surface area contributed by atoms with Crippen LogP contribution < -0.4 is 21.3 Å². The predicted octanol–water partition coefficient (Wildman–Crippen LogP) is 1.58. The fourth-order valence-corrected chi connectivity index (χ4v) is 1.38. The van der Waals surface area contributed by atoms with Gasteiger partial charge in [0.25, 0.3) is 0 Å². The van der Waals surface area contributed by atoms with Crippen molar-refractivity contribution in [2.24, 2.45) is 5.84 Å². The Bertz CT molecular complexity index is 609. The molecule has 0 unspecified atom stereocenters. The maximum absolute atomic E-state index is 13.5. The largest absolute Gasteiger partial charge is 0.464 e. The van der Waals surface area contributed by atoms with E-state index in [2.05, 4.69) is 25.7 Å². The van der Waals surface area contributed by atoms with Crippen LogP contribution in [0.1, 0.15) is 6.92 Å². The van der Waals surface area contributed by atoms with Crippen molar-refractivity contribution in [1.29, 1.82) is 0 Å². The first-order valence-electron chi connectivity index (χ1n) is 5.70. The Labute approximate surface area is 113 Å². The Kier molecular flexibility index (Phi) is 4.20. The highest BCUT2D eigenvalue weighted by molar-refractivity contribution is 5.55. The standard InChI is InChI=1S/C11H12F2N6O/c1-2-20-11-17-9(16-10(18-11)19-14)15-8-4-3-6(12)5-7(8)13/h3-5H,2,14H2,1H3,(H2,15,16,17,18,19). The Morgan fingerprint density at radius 3 is 2.60 bits per heavy atom. The van der Waals surface area contributed by atoms with Crippen LogP contribution in [0.3, 0.4) is 0 Å². The maximum Gasteiger partial charge on any atom is 0.323 e. The SMILES string of the molecule is CCOc1nc(NN)nc(Nc2ccc(F)cc2F)n1. The summed E-state index contributed by atoms with van der Waals surface area (Å²) < 4.78 is 31.5. The molecule has 1 heterocycles. The van der Waals surface area contributed by atoms with Crippen LogP contribution in [0.4, 0.5) is 26.4 Å². The van der Waals surface area contributed by atoms with Gasteiger partial charge in [-0.3, -0.25) is 5.43 Å². The summed E-state index contributed by atoms with van der Waals surface area (Å²) in [4.78, 5) is 11.6. The molecule has 0 aliphatic heterocycles. The van der Waals surface area contributed by atoms with Crippen LogP contribution in [-0.4, -0.2) is 21.6 Å². The van der Waals surface area contributed by atoms with E-state index in [4.69, 9.17) is 10.6 Å². The van der Waals surface area contributed by atoms with Gasteiger partial charge in [-0.05, 0) is 19.1 Å². The van der Waals surface area contributed by atoms with Crippen LogP contribution in [0.5, 0.6) is 6.01 Å². The number of halogens is 2. The quantitative estimate of drug-likeness (QED) is 0.565. The van der Waals surface area contributed by atoms with E-state index in [0.717, 1.165) is 12.1 Å². The lowest BCUT2D eigenvalue weighted by atomic mass is 10.3. The monoisotopic (exact) mass is 282 g/mol. The van der Waals surface area contributed by atoms with E-state index < -0.39 is 11.6 Å². The molecule has 0 saturated carbocycles. The van der Waals surface area contributed by atoms with E-state index in [9.17, 15) is 8.78 Å². The molecule has 1 aromatic carbocycles. The fourth-order valence-electron chi connectivity index (χ4n) is 1.38. The minimum Gasteiger partial charge on any atom is -0.464 e. The first-order chi connectivity index (χ1) is 9.62. The molecule has 2 aromatic rings. The minimum atomic E-state index is -0.773. The van der Waals surface area contributed by atoms with E-state index in [1.165, 1.54) is 6.07 Å². The second-order valence-corrected chi connectivity index (χ2v) is 3.59. The molecule has 7 nitrogen and oxygen atoms in total. The number of ether oxygens (including phenoxy) is 1. The third-order valence-electron chi connectivity index (χ3n) is 2.20. The number of hydrazine groups is 1. The zero-order chi connectivity index (χ0) is 14.5. The fraction of sp³-hybridized carbons (Fsp3) is 0.182. The molecule has 0 saturated heterocycles. The van der Waals surface area contributed by atoms with E-state index in [-0.39, 0.29) is 23.6 Å². The number of nitrogens with zero attached hydrogens (tertiary/aromatic N) is 3. The Hall–Kier alpha value is -2.55. The van der Waals surface area contributed by atoms with Crippen LogP contribution in [-0.2, 0) is 0 Å². The molecule has 9 heteroatoms. The average molecular weight is 282 g/mol. The molecule has 0 atom stereocenters. The van der Waals surface area contributed by atoms with Crippen molar-refractivity contribution in [3.63, 3.8) is 0 Å². The zero-order valence-corrected chi connectivity index (χ0v) is 10.5. The highest BCUT2D eigenvalue weighted by atomic mass is 19.1. The van der Waals surface area contributed by atoms with Crippen molar-refractivity contribution in [2.75, 3.05) is 17.3 Å². The molecule has 0 amide bonds. The number of hydrogen-bond acceptors (Lipinski definition) is 7. The summed E-state index contributed by atoms with van der Waals surface area (Å²) in [5, 5.41) is 2.59. The minimum absolute atomic E-state index is 0.0157. The first kappa shape index (κ1) is 13.9. The van der Waals surface area contributed by atoms with E-state index in [1.54, 1.807) is 6.92 Å². The van der Waals surface area contributed by atoms with Gasteiger partial charge in [0.1, 0.15) is 11.6 Å². The summed E-state index contributed by atoms with van der Waals surface area (Å²) in [6, 6.07) is 3.11. The van der Waals surface area contributed by atoms with E-state index >= 15 is 0 Å². The van der Waals surface area contributed by atoms with Crippen LogP contribution >= 0.6 is 0 Å². The van der Waals surface area contributed by atoms with Gasteiger partial charge in [-0.1, -0.05) is 0 Å². The number of benzene rings is 1. The highest BCUT2D eigenvalue weighted by Gasteiger charge is 2.09. The lowest BCUT2D eigenvalue weighted by molar-refractivity contribution is 0.312. The van der Waals surface area contributed by atoms with Gasteiger partial charge in [-0.15, -0.1) is 0 Å². The molecular weight excluding hydrogens is 270 g/mol.